The maximum atomic E-state index is 13.2. The molecule has 3 rings (SSSR count). The highest BCUT2D eigenvalue weighted by Gasteiger charge is 2.06. The summed E-state index contributed by atoms with van der Waals surface area (Å²) in [5, 5.41) is 1.20. The molecule has 0 saturated heterocycles. The Hall–Kier alpha value is -1.91. The van der Waals surface area contributed by atoms with Crippen LogP contribution in [0.3, 0.4) is 0 Å². The molecule has 0 saturated carbocycles. The summed E-state index contributed by atoms with van der Waals surface area (Å²) in [6.07, 6.45) is 1.98. The second kappa shape index (κ2) is 5.47. The topological polar surface area (TPSA) is 30.9 Å². The molecule has 0 aliphatic heterocycles. The van der Waals surface area contributed by atoms with E-state index in [2.05, 4.69) is 4.57 Å². The lowest BCUT2D eigenvalue weighted by atomic mass is 10.1. The van der Waals surface area contributed by atoms with E-state index in [1.165, 1.54) is 6.07 Å². The summed E-state index contributed by atoms with van der Waals surface area (Å²) in [7, 11) is 0. The molecule has 1 heterocycles. The van der Waals surface area contributed by atoms with Crippen LogP contribution in [0.1, 0.15) is 11.1 Å². The van der Waals surface area contributed by atoms with Crippen LogP contribution in [-0.2, 0) is 6.54 Å². The Morgan fingerprint density at radius 1 is 1.19 bits per heavy atom. The van der Waals surface area contributed by atoms with Crippen molar-refractivity contribution in [2.75, 3.05) is 0 Å². The van der Waals surface area contributed by atoms with Gasteiger partial charge in [0.25, 0.3) is 0 Å². The molecular formula is C16H12ClFN2S. The van der Waals surface area contributed by atoms with Crippen molar-refractivity contribution in [1.29, 1.82) is 0 Å². The number of hydrogen-bond acceptors (Lipinski definition) is 1. The number of rotatable bonds is 3. The van der Waals surface area contributed by atoms with Crippen LogP contribution in [0.25, 0.3) is 10.9 Å². The summed E-state index contributed by atoms with van der Waals surface area (Å²) in [6, 6.07) is 12.6. The van der Waals surface area contributed by atoms with Gasteiger partial charge in [-0.1, -0.05) is 29.9 Å². The Labute approximate surface area is 131 Å². The fourth-order valence-corrected chi connectivity index (χ4v) is 2.66. The number of hydrogen-bond donors (Lipinski definition) is 1. The third kappa shape index (κ3) is 2.77. The van der Waals surface area contributed by atoms with E-state index in [0.717, 1.165) is 22.0 Å². The number of halogens is 2. The van der Waals surface area contributed by atoms with Gasteiger partial charge in [-0.15, -0.1) is 0 Å². The molecule has 0 fully saturated rings. The first-order valence-electron chi connectivity index (χ1n) is 6.37. The summed E-state index contributed by atoms with van der Waals surface area (Å²) >= 11 is 10.8. The molecule has 0 radical (unpaired) electrons. The van der Waals surface area contributed by atoms with Crippen LogP contribution in [0, 0.1) is 5.82 Å². The molecule has 0 aliphatic carbocycles. The minimum atomic E-state index is -0.404. The summed E-state index contributed by atoms with van der Waals surface area (Å²) in [6.45, 7) is 0.621. The average Bonchev–Trinajstić information content (AvgIpc) is 2.85. The van der Waals surface area contributed by atoms with Gasteiger partial charge < -0.3 is 10.3 Å². The van der Waals surface area contributed by atoms with E-state index >= 15 is 0 Å². The van der Waals surface area contributed by atoms with Crippen LogP contribution in [0.15, 0.2) is 48.7 Å². The van der Waals surface area contributed by atoms with Crippen molar-refractivity contribution < 1.29 is 4.39 Å². The fraction of sp³-hybridized carbons (Fsp3) is 0.0625. The first-order valence-corrected chi connectivity index (χ1v) is 7.16. The van der Waals surface area contributed by atoms with E-state index in [4.69, 9.17) is 29.6 Å². The van der Waals surface area contributed by atoms with Crippen LogP contribution in [0.2, 0.25) is 5.02 Å². The number of aromatic nitrogens is 1. The van der Waals surface area contributed by atoms with Gasteiger partial charge in [-0.2, -0.15) is 0 Å². The lowest BCUT2D eigenvalue weighted by Gasteiger charge is -2.07. The Morgan fingerprint density at radius 3 is 2.71 bits per heavy atom. The van der Waals surface area contributed by atoms with E-state index in [9.17, 15) is 4.39 Å². The lowest BCUT2D eigenvalue weighted by molar-refractivity contribution is 0.627. The Balaban J connectivity index is 1.97. The van der Waals surface area contributed by atoms with Gasteiger partial charge in [0.15, 0.2) is 0 Å². The first kappa shape index (κ1) is 14.0. The molecule has 0 aliphatic rings. The molecule has 1 aromatic heterocycles. The van der Waals surface area contributed by atoms with Crippen LogP contribution in [0.5, 0.6) is 0 Å². The zero-order chi connectivity index (χ0) is 15.0. The summed E-state index contributed by atoms with van der Waals surface area (Å²) in [5.41, 5.74) is 8.49. The smallest absolute Gasteiger partial charge is 0.141 e. The largest absolute Gasteiger partial charge is 0.389 e. The van der Waals surface area contributed by atoms with Crippen molar-refractivity contribution in [3.05, 3.63) is 70.6 Å². The number of nitrogens with zero attached hydrogens (tertiary/aromatic N) is 1. The maximum Gasteiger partial charge on any atom is 0.141 e. The molecular weight excluding hydrogens is 307 g/mol. The lowest BCUT2D eigenvalue weighted by Crippen LogP contribution is -2.08. The molecule has 0 spiro atoms. The van der Waals surface area contributed by atoms with Crippen molar-refractivity contribution in [2.45, 2.75) is 6.54 Å². The zero-order valence-electron chi connectivity index (χ0n) is 11.0. The second-order valence-electron chi connectivity index (χ2n) is 4.83. The van der Waals surface area contributed by atoms with E-state index < -0.39 is 5.82 Å². The van der Waals surface area contributed by atoms with Crippen molar-refractivity contribution in [2.24, 2.45) is 5.73 Å². The molecule has 5 heteroatoms. The molecule has 0 amide bonds. The van der Waals surface area contributed by atoms with Gasteiger partial charge in [0.2, 0.25) is 0 Å². The molecule has 2 N–H and O–H groups in total. The highest BCUT2D eigenvalue weighted by atomic mass is 35.5. The minimum absolute atomic E-state index is 0.139. The van der Waals surface area contributed by atoms with Crippen LogP contribution < -0.4 is 5.73 Å². The van der Waals surface area contributed by atoms with Gasteiger partial charge in [-0.25, -0.2) is 4.39 Å². The van der Waals surface area contributed by atoms with E-state index in [1.54, 1.807) is 12.1 Å². The molecule has 21 heavy (non-hydrogen) atoms. The molecule has 2 nitrogen and oxygen atoms in total. The van der Waals surface area contributed by atoms with Crippen molar-refractivity contribution in [3.8, 4) is 0 Å². The van der Waals surface area contributed by atoms with Crippen LogP contribution in [-0.4, -0.2) is 9.56 Å². The van der Waals surface area contributed by atoms with Gasteiger partial charge >= 0.3 is 0 Å². The number of thiocarbonyl (C=S) groups is 1. The van der Waals surface area contributed by atoms with Gasteiger partial charge in [0.05, 0.1) is 5.02 Å². The van der Waals surface area contributed by atoms with E-state index in [-0.39, 0.29) is 5.02 Å². The molecule has 3 aromatic rings. The van der Waals surface area contributed by atoms with E-state index in [1.807, 2.05) is 30.5 Å². The standard InChI is InChI=1S/C16H12ClFN2S/c17-13-7-10(1-3-14(13)18)9-20-6-5-11-8-12(16(19)21)2-4-15(11)20/h1-8H,9H2,(H2,19,21). The maximum absolute atomic E-state index is 13.2. The third-order valence-electron chi connectivity index (χ3n) is 3.39. The molecule has 2 aromatic carbocycles. The summed E-state index contributed by atoms with van der Waals surface area (Å²) in [4.78, 5) is 0.384. The average molecular weight is 319 g/mol. The minimum Gasteiger partial charge on any atom is -0.389 e. The fourth-order valence-electron chi connectivity index (χ4n) is 2.33. The van der Waals surface area contributed by atoms with Gasteiger partial charge in [-0.05, 0) is 42.0 Å². The SMILES string of the molecule is NC(=S)c1ccc2c(ccn2Cc2ccc(F)c(Cl)c2)c1. The van der Waals surface area contributed by atoms with Gasteiger partial charge in [-0.3, -0.25) is 0 Å². The predicted octanol–water partition coefficient (Wildman–Crippen LogP) is 4.12. The highest BCUT2D eigenvalue weighted by molar-refractivity contribution is 7.80. The number of nitrogens with two attached hydrogens (primary N) is 1. The van der Waals surface area contributed by atoms with Crippen LogP contribution >= 0.6 is 23.8 Å². The quantitative estimate of drug-likeness (QED) is 0.737. The van der Waals surface area contributed by atoms with Crippen LogP contribution in [0.4, 0.5) is 4.39 Å². The normalized spacial score (nSPS) is 11.0. The predicted molar refractivity (Wildman–Crippen MR) is 88.3 cm³/mol. The summed E-state index contributed by atoms with van der Waals surface area (Å²) < 4.78 is 15.3. The molecule has 0 unspecified atom stereocenters. The van der Waals surface area contributed by atoms with E-state index in [0.29, 0.717) is 11.5 Å². The molecule has 0 bridgehead atoms. The Morgan fingerprint density at radius 2 is 2.00 bits per heavy atom. The van der Waals surface area contributed by atoms with Crippen molar-refractivity contribution >= 4 is 39.7 Å². The highest BCUT2D eigenvalue weighted by Crippen LogP contribution is 2.21. The molecule has 106 valence electrons. The number of fused-ring (bicyclic) bond motifs is 1. The zero-order valence-corrected chi connectivity index (χ0v) is 12.6. The third-order valence-corrected chi connectivity index (χ3v) is 3.92. The summed E-state index contributed by atoms with van der Waals surface area (Å²) in [5.74, 6) is -0.404. The number of benzene rings is 2. The Bertz CT molecular complexity index is 841. The monoisotopic (exact) mass is 318 g/mol. The van der Waals surface area contributed by atoms with Crippen molar-refractivity contribution in [3.63, 3.8) is 0 Å². The van der Waals surface area contributed by atoms with Crippen molar-refractivity contribution in [1.82, 2.24) is 4.57 Å². The molecule has 0 atom stereocenters. The second-order valence-corrected chi connectivity index (χ2v) is 5.68. The van der Waals surface area contributed by atoms with Gasteiger partial charge in [0, 0.05) is 29.2 Å². The first-order chi connectivity index (χ1) is 10.0. The Kier molecular flexibility index (Phi) is 3.66. The van der Waals surface area contributed by atoms with Gasteiger partial charge in [0.1, 0.15) is 10.8 Å².